The van der Waals surface area contributed by atoms with Gasteiger partial charge in [0.1, 0.15) is 18.1 Å². The van der Waals surface area contributed by atoms with Crippen LogP contribution in [0.2, 0.25) is 0 Å². The predicted molar refractivity (Wildman–Crippen MR) is 108 cm³/mol. The van der Waals surface area contributed by atoms with Gasteiger partial charge in [0.05, 0.1) is 19.9 Å². The van der Waals surface area contributed by atoms with Crippen LogP contribution in [0.3, 0.4) is 0 Å². The van der Waals surface area contributed by atoms with Crippen molar-refractivity contribution in [1.82, 2.24) is 9.88 Å². The average molecular weight is 381 g/mol. The molecule has 4 rings (SSSR count). The maximum atomic E-state index is 9.76. The number of methoxy groups -OCH3 is 2. The zero-order valence-electron chi connectivity index (χ0n) is 16.4. The summed E-state index contributed by atoms with van der Waals surface area (Å²) in [6.45, 7) is 1.43. The highest BCUT2D eigenvalue weighted by atomic mass is 16.5. The van der Waals surface area contributed by atoms with E-state index in [-0.39, 0.29) is 0 Å². The SMILES string of the molecule is COc1cc2c(cc1OC)-c1[nH]c3ccc(OCCN(C)C)cc3c1/C2=N\O. The number of ether oxygens (including phenoxy) is 3. The molecular formula is C21H23N3O4. The molecule has 0 fully saturated rings. The molecule has 7 heteroatoms. The van der Waals surface area contributed by atoms with E-state index in [0.29, 0.717) is 23.8 Å². The van der Waals surface area contributed by atoms with Gasteiger partial charge in [0, 0.05) is 34.1 Å². The Labute approximate surface area is 163 Å². The second-order valence-corrected chi connectivity index (χ2v) is 6.94. The normalized spacial score (nSPS) is 13.8. The molecule has 0 atom stereocenters. The Morgan fingerprint density at radius 1 is 1.04 bits per heavy atom. The zero-order valence-corrected chi connectivity index (χ0v) is 16.4. The summed E-state index contributed by atoms with van der Waals surface area (Å²) >= 11 is 0. The molecule has 146 valence electrons. The average Bonchev–Trinajstić information content (AvgIpc) is 3.20. The van der Waals surface area contributed by atoms with E-state index in [2.05, 4.69) is 15.0 Å². The molecule has 1 aliphatic rings. The third-order valence-electron chi connectivity index (χ3n) is 4.96. The molecule has 0 unspecified atom stereocenters. The standard InChI is InChI=1S/C21H23N3O4/c1-24(2)7-8-28-12-5-6-16-15(9-12)19-20(22-16)13-10-17(26-3)18(27-4)11-14(13)21(19)23-25/h5-6,9-11,22,25H,7-8H2,1-4H3/b23-21-. The first-order valence-corrected chi connectivity index (χ1v) is 8.99. The van der Waals surface area contributed by atoms with Gasteiger partial charge in [-0.25, -0.2) is 0 Å². The van der Waals surface area contributed by atoms with Gasteiger partial charge in [-0.15, -0.1) is 0 Å². The van der Waals surface area contributed by atoms with Crippen molar-refractivity contribution in [3.05, 3.63) is 41.5 Å². The van der Waals surface area contributed by atoms with Crippen LogP contribution in [0.4, 0.5) is 0 Å². The van der Waals surface area contributed by atoms with Crippen LogP contribution in [-0.2, 0) is 0 Å². The first kappa shape index (κ1) is 18.2. The highest BCUT2D eigenvalue weighted by Gasteiger charge is 2.31. The third-order valence-corrected chi connectivity index (χ3v) is 4.96. The lowest BCUT2D eigenvalue weighted by atomic mass is 10.1. The van der Waals surface area contributed by atoms with Crippen LogP contribution in [0, 0.1) is 0 Å². The Morgan fingerprint density at radius 2 is 1.75 bits per heavy atom. The van der Waals surface area contributed by atoms with E-state index in [0.717, 1.165) is 45.6 Å². The summed E-state index contributed by atoms with van der Waals surface area (Å²) in [5, 5.41) is 14.3. The maximum Gasteiger partial charge on any atom is 0.161 e. The fraction of sp³-hybridized carbons (Fsp3) is 0.286. The van der Waals surface area contributed by atoms with Gasteiger partial charge in [-0.05, 0) is 44.4 Å². The van der Waals surface area contributed by atoms with Gasteiger partial charge in [-0.3, -0.25) is 0 Å². The molecule has 7 nitrogen and oxygen atoms in total. The smallest absolute Gasteiger partial charge is 0.161 e. The van der Waals surface area contributed by atoms with E-state index in [1.807, 2.05) is 44.4 Å². The van der Waals surface area contributed by atoms with Crippen molar-refractivity contribution in [1.29, 1.82) is 0 Å². The van der Waals surface area contributed by atoms with Crippen LogP contribution in [0.15, 0.2) is 35.5 Å². The van der Waals surface area contributed by atoms with Crippen LogP contribution in [-0.4, -0.2) is 62.3 Å². The molecule has 1 heterocycles. The Morgan fingerprint density at radius 3 is 2.39 bits per heavy atom. The number of hydrogen-bond acceptors (Lipinski definition) is 6. The molecule has 28 heavy (non-hydrogen) atoms. The number of H-pyrrole nitrogens is 1. The summed E-state index contributed by atoms with van der Waals surface area (Å²) in [5.41, 5.74) is 4.90. The minimum Gasteiger partial charge on any atom is -0.493 e. The molecule has 0 saturated carbocycles. The molecule has 2 N–H and O–H groups in total. The molecule has 0 aliphatic heterocycles. The van der Waals surface area contributed by atoms with Crippen LogP contribution in [0.5, 0.6) is 17.2 Å². The number of aromatic nitrogens is 1. The van der Waals surface area contributed by atoms with E-state index in [4.69, 9.17) is 14.2 Å². The van der Waals surface area contributed by atoms with Gasteiger partial charge < -0.3 is 29.3 Å². The van der Waals surface area contributed by atoms with Gasteiger partial charge in [-0.1, -0.05) is 5.16 Å². The van der Waals surface area contributed by atoms with E-state index < -0.39 is 0 Å². The van der Waals surface area contributed by atoms with Gasteiger partial charge in [0.25, 0.3) is 0 Å². The number of likely N-dealkylation sites (N-methyl/N-ethyl adjacent to an activating group) is 1. The number of benzene rings is 2. The lowest BCUT2D eigenvalue weighted by molar-refractivity contribution is 0.261. The molecule has 3 aromatic rings. The zero-order chi connectivity index (χ0) is 19.8. The van der Waals surface area contributed by atoms with Crippen molar-refractivity contribution in [3.8, 4) is 28.5 Å². The summed E-state index contributed by atoms with van der Waals surface area (Å²) < 4.78 is 16.7. The molecule has 0 amide bonds. The molecule has 0 saturated heterocycles. The van der Waals surface area contributed by atoms with Gasteiger partial charge in [0.2, 0.25) is 0 Å². The highest BCUT2D eigenvalue weighted by molar-refractivity contribution is 6.30. The van der Waals surface area contributed by atoms with Crippen molar-refractivity contribution in [2.24, 2.45) is 5.16 Å². The highest BCUT2D eigenvalue weighted by Crippen LogP contribution is 2.45. The van der Waals surface area contributed by atoms with Crippen LogP contribution in [0.25, 0.3) is 22.2 Å². The molecule has 1 aliphatic carbocycles. The van der Waals surface area contributed by atoms with E-state index >= 15 is 0 Å². The maximum absolute atomic E-state index is 9.76. The summed E-state index contributed by atoms with van der Waals surface area (Å²) in [4.78, 5) is 5.50. The van der Waals surface area contributed by atoms with Crippen molar-refractivity contribution < 1.29 is 19.4 Å². The summed E-state index contributed by atoms with van der Waals surface area (Å²) in [5.74, 6) is 1.99. The largest absolute Gasteiger partial charge is 0.493 e. The lowest BCUT2D eigenvalue weighted by Gasteiger charge is -2.11. The Balaban J connectivity index is 1.82. The van der Waals surface area contributed by atoms with E-state index in [1.165, 1.54) is 0 Å². The summed E-state index contributed by atoms with van der Waals surface area (Å²) in [6.07, 6.45) is 0. The first-order chi connectivity index (χ1) is 13.6. The second kappa shape index (κ2) is 7.09. The minimum absolute atomic E-state index is 0.502. The summed E-state index contributed by atoms with van der Waals surface area (Å²) in [7, 11) is 7.20. The Kier molecular flexibility index (Phi) is 4.60. The Bertz CT molecular complexity index is 1070. The molecular weight excluding hydrogens is 358 g/mol. The Hall–Kier alpha value is -3.19. The number of nitrogens with zero attached hydrogens (tertiary/aromatic N) is 2. The van der Waals surface area contributed by atoms with Crippen molar-refractivity contribution in [3.63, 3.8) is 0 Å². The second-order valence-electron chi connectivity index (χ2n) is 6.94. The van der Waals surface area contributed by atoms with Crippen molar-refractivity contribution in [2.75, 3.05) is 41.5 Å². The minimum atomic E-state index is 0.502. The van der Waals surface area contributed by atoms with Crippen LogP contribution >= 0.6 is 0 Å². The lowest BCUT2D eigenvalue weighted by Crippen LogP contribution is -2.19. The van der Waals surface area contributed by atoms with Crippen molar-refractivity contribution >= 4 is 16.6 Å². The van der Waals surface area contributed by atoms with Crippen molar-refractivity contribution in [2.45, 2.75) is 0 Å². The van der Waals surface area contributed by atoms with Gasteiger partial charge >= 0.3 is 0 Å². The van der Waals surface area contributed by atoms with Gasteiger partial charge in [0.15, 0.2) is 11.5 Å². The fourth-order valence-electron chi connectivity index (χ4n) is 3.58. The van der Waals surface area contributed by atoms with E-state index in [1.54, 1.807) is 14.2 Å². The number of rotatable bonds is 6. The number of hydrogen-bond donors (Lipinski definition) is 2. The molecule has 2 aromatic carbocycles. The number of aromatic amines is 1. The monoisotopic (exact) mass is 381 g/mol. The van der Waals surface area contributed by atoms with Crippen LogP contribution < -0.4 is 14.2 Å². The molecule has 0 radical (unpaired) electrons. The summed E-state index contributed by atoms with van der Waals surface area (Å²) in [6, 6.07) is 9.63. The van der Waals surface area contributed by atoms with E-state index in [9.17, 15) is 5.21 Å². The fourth-order valence-corrected chi connectivity index (χ4v) is 3.58. The topological polar surface area (TPSA) is 79.3 Å². The van der Waals surface area contributed by atoms with Crippen LogP contribution in [0.1, 0.15) is 11.1 Å². The molecule has 0 bridgehead atoms. The first-order valence-electron chi connectivity index (χ1n) is 8.99. The quantitative estimate of drug-likeness (QED) is 0.396. The number of oxime groups is 1. The van der Waals surface area contributed by atoms with Gasteiger partial charge in [-0.2, -0.15) is 0 Å². The third kappa shape index (κ3) is 2.84. The number of nitrogens with one attached hydrogen (secondary N) is 1. The molecule has 1 aromatic heterocycles. The molecule has 0 spiro atoms. The predicted octanol–water partition coefficient (Wildman–Crippen LogP) is 3.33. The number of fused-ring (bicyclic) bond motifs is 5.